The smallest absolute Gasteiger partial charge is 0.228 e. The molecule has 0 saturated carbocycles. The Labute approximate surface area is 177 Å². The largest absolute Gasteiger partial charge is 0.342 e. The second kappa shape index (κ2) is 8.58. The van der Waals surface area contributed by atoms with Crippen molar-refractivity contribution in [3.63, 3.8) is 0 Å². The van der Waals surface area contributed by atoms with E-state index in [0.29, 0.717) is 13.1 Å². The Morgan fingerprint density at radius 2 is 1.77 bits per heavy atom. The number of halogens is 1. The van der Waals surface area contributed by atoms with E-state index >= 15 is 0 Å². The average molecular weight is 409 g/mol. The standard InChI is InChI=1S/C25H29FN2O2/c1-17-6-11-23(13-18(17)2)28-16-21(14-24(28)29)25(30)27-12-4-3-5-20(15-27)19-7-9-22(26)10-8-19/h6-11,13,20-21H,3-5,12,14-16H2,1-2H3/t20-,21+/m1/s1. The zero-order chi connectivity index (χ0) is 21.3. The zero-order valence-corrected chi connectivity index (χ0v) is 17.7. The number of hydrogen-bond acceptors (Lipinski definition) is 2. The number of anilines is 1. The highest BCUT2D eigenvalue weighted by atomic mass is 19.1. The van der Waals surface area contributed by atoms with Gasteiger partial charge in [-0.3, -0.25) is 9.59 Å². The molecule has 2 saturated heterocycles. The summed E-state index contributed by atoms with van der Waals surface area (Å²) in [4.78, 5) is 29.7. The Hall–Kier alpha value is -2.69. The van der Waals surface area contributed by atoms with Gasteiger partial charge in [0.25, 0.3) is 0 Å². The summed E-state index contributed by atoms with van der Waals surface area (Å²) in [6, 6.07) is 12.6. The highest BCUT2D eigenvalue weighted by Gasteiger charge is 2.38. The molecule has 0 N–H and O–H groups in total. The summed E-state index contributed by atoms with van der Waals surface area (Å²) in [6.45, 7) is 5.89. The first-order valence-electron chi connectivity index (χ1n) is 10.8. The Bertz CT molecular complexity index is 941. The van der Waals surface area contributed by atoms with Crippen molar-refractivity contribution in [2.75, 3.05) is 24.5 Å². The van der Waals surface area contributed by atoms with Crippen molar-refractivity contribution in [1.82, 2.24) is 4.90 Å². The number of likely N-dealkylation sites (tertiary alicyclic amines) is 1. The van der Waals surface area contributed by atoms with Crippen LogP contribution in [0.25, 0.3) is 0 Å². The lowest BCUT2D eigenvalue weighted by molar-refractivity contribution is -0.135. The number of hydrogen-bond donors (Lipinski definition) is 0. The minimum absolute atomic E-state index is 0.0153. The normalized spacial score (nSPS) is 22.3. The number of carbonyl (C=O) groups is 2. The summed E-state index contributed by atoms with van der Waals surface area (Å²) in [5.74, 6) is -0.238. The van der Waals surface area contributed by atoms with E-state index in [1.54, 1.807) is 4.90 Å². The molecule has 0 radical (unpaired) electrons. The van der Waals surface area contributed by atoms with Crippen molar-refractivity contribution in [2.24, 2.45) is 5.92 Å². The van der Waals surface area contributed by atoms with Crippen LogP contribution >= 0.6 is 0 Å². The van der Waals surface area contributed by atoms with E-state index in [9.17, 15) is 14.0 Å². The molecule has 2 atom stereocenters. The van der Waals surface area contributed by atoms with Gasteiger partial charge in [-0.2, -0.15) is 0 Å². The van der Waals surface area contributed by atoms with Crippen LogP contribution in [0.4, 0.5) is 10.1 Å². The maximum Gasteiger partial charge on any atom is 0.228 e. The van der Waals surface area contributed by atoms with Gasteiger partial charge in [-0.05, 0) is 67.6 Å². The van der Waals surface area contributed by atoms with Crippen molar-refractivity contribution in [1.29, 1.82) is 0 Å². The molecule has 0 aromatic heterocycles. The molecule has 4 rings (SSSR count). The first kappa shape index (κ1) is 20.6. The molecule has 2 aliphatic rings. The Morgan fingerprint density at radius 1 is 1.00 bits per heavy atom. The van der Waals surface area contributed by atoms with Gasteiger partial charge in [0.05, 0.1) is 5.92 Å². The lowest BCUT2D eigenvalue weighted by atomic mass is 9.94. The maximum atomic E-state index is 13.3. The van der Waals surface area contributed by atoms with Crippen LogP contribution in [0.3, 0.4) is 0 Å². The molecule has 2 heterocycles. The zero-order valence-electron chi connectivity index (χ0n) is 17.7. The summed E-state index contributed by atoms with van der Waals surface area (Å²) in [6.07, 6.45) is 3.27. The van der Waals surface area contributed by atoms with E-state index in [1.807, 2.05) is 49.1 Å². The summed E-state index contributed by atoms with van der Waals surface area (Å²) < 4.78 is 13.3. The number of benzene rings is 2. The van der Waals surface area contributed by atoms with E-state index in [2.05, 4.69) is 0 Å². The number of carbonyl (C=O) groups excluding carboxylic acids is 2. The fourth-order valence-corrected chi connectivity index (χ4v) is 4.62. The van der Waals surface area contributed by atoms with Crippen LogP contribution in [-0.4, -0.2) is 36.3 Å². The number of amides is 2. The minimum atomic E-state index is -0.300. The maximum absolute atomic E-state index is 13.3. The molecule has 30 heavy (non-hydrogen) atoms. The molecule has 158 valence electrons. The van der Waals surface area contributed by atoms with E-state index < -0.39 is 0 Å². The lowest BCUT2D eigenvalue weighted by Gasteiger charge is -2.27. The van der Waals surface area contributed by atoms with E-state index in [1.165, 1.54) is 17.7 Å². The van der Waals surface area contributed by atoms with Gasteiger partial charge in [-0.15, -0.1) is 0 Å². The van der Waals surface area contributed by atoms with Gasteiger partial charge in [-0.1, -0.05) is 24.6 Å². The quantitative estimate of drug-likeness (QED) is 0.745. The monoisotopic (exact) mass is 408 g/mol. The third kappa shape index (κ3) is 4.25. The highest BCUT2D eigenvalue weighted by molar-refractivity contribution is 6.00. The van der Waals surface area contributed by atoms with Gasteiger partial charge < -0.3 is 9.80 Å². The van der Waals surface area contributed by atoms with Gasteiger partial charge in [0.15, 0.2) is 0 Å². The van der Waals surface area contributed by atoms with Gasteiger partial charge >= 0.3 is 0 Å². The molecule has 2 aliphatic heterocycles. The molecule has 2 fully saturated rings. The van der Waals surface area contributed by atoms with Crippen molar-refractivity contribution < 1.29 is 14.0 Å². The van der Waals surface area contributed by atoms with Crippen molar-refractivity contribution in [2.45, 2.75) is 45.4 Å². The molecule has 0 aliphatic carbocycles. The second-order valence-electron chi connectivity index (χ2n) is 8.70. The molecule has 2 aromatic rings. The molecule has 5 heteroatoms. The average Bonchev–Trinajstić information content (AvgIpc) is 2.96. The molecule has 2 aromatic carbocycles. The van der Waals surface area contributed by atoms with Crippen LogP contribution in [0, 0.1) is 25.6 Å². The summed E-state index contributed by atoms with van der Waals surface area (Å²) in [5.41, 5.74) is 4.29. The van der Waals surface area contributed by atoms with E-state index in [0.717, 1.165) is 42.6 Å². The Morgan fingerprint density at radius 3 is 2.50 bits per heavy atom. The molecule has 0 bridgehead atoms. The number of rotatable bonds is 3. The first-order chi connectivity index (χ1) is 14.4. The van der Waals surface area contributed by atoms with Crippen molar-refractivity contribution >= 4 is 17.5 Å². The Kier molecular flexibility index (Phi) is 5.89. The SMILES string of the molecule is Cc1ccc(N2C[C@@H](C(=O)N3CCCC[C@@H](c4ccc(F)cc4)C3)CC2=O)cc1C. The van der Waals surface area contributed by atoms with Crippen LogP contribution in [0.5, 0.6) is 0 Å². The van der Waals surface area contributed by atoms with Gasteiger partial charge in [0.1, 0.15) is 5.82 Å². The highest BCUT2D eigenvalue weighted by Crippen LogP contribution is 2.31. The lowest BCUT2D eigenvalue weighted by Crippen LogP contribution is -2.39. The predicted octanol–water partition coefficient (Wildman–Crippen LogP) is 4.59. The third-order valence-electron chi connectivity index (χ3n) is 6.60. The Balaban J connectivity index is 1.47. The van der Waals surface area contributed by atoms with Crippen molar-refractivity contribution in [3.8, 4) is 0 Å². The molecular formula is C25H29FN2O2. The predicted molar refractivity (Wildman–Crippen MR) is 116 cm³/mol. The van der Waals surface area contributed by atoms with Crippen LogP contribution in [0.1, 0.15) is 48.3 Å². The summed E-state index contributed by atoms with van der Waals surface area (Å²) in [5, 5.41) is 0. The van der Waals surface area contributed by atoms with Gasteiger partial charge in [-0.25, -0.2) is 4.39 Å². The molecule has 0 unspecified atom stereocenters. The van der Waals surface area contributed by atoms with E-state index in [4.69, 9.17) is 0 Å². The van der Waals surface area contributed by atoms with Crippen molar-refractivity contribution in [3.05, 3.63) is 65.0 Å². The van der Waals surface area contributed by atoms with E-state index in [-0.39, 0.29) is 35.9 Å². The van der Waals surface area contributed by atoms with Crippen LogP contribution in [0.2, 0.25) is 0 Å². The fraction of sp³-hybridized carbons (Fsp3) is 0.440. The minimum Gasteiger partial charge on any atom is -0.342 e. The number of aryl methyl sites for hydroxylation is 2. The molecular weight excluding hydrogens is 379 g/mol. The summed E-state index contributed by atoms with van der Waals surface area (Å²) in [7, 11) is 0. The topological polar surface area (TPSA) is 40.6 Å². The molecule has 0 spiro atoms. The van der Waals surface area contributed by atoms with Crippen LogP contribution in [0.15, 0.2) is 42.5 Å². The fourth-order valence-electron chi connectivity index (χ4n) is 4.62. The summed E-state index contributed by atoms with van der Waals surface area (Å²) >= 11 is 0. The van der Waals surface area contributed by atoms with Crippen LogP contribution < -0.4 is 4.90 Å². The van der Waals surface area contributed by atoms with Crippen LogP contribution in [-0.2, 0) is 9.59 Å². The first-order valence-corrected chi connectivity index (χ1v) is 10.8. The van der Waals surface area contributed by atoms with Gasteiger partial charge in [0, 0.05) is 37.7 Å². The third-order valence-corrected chi connectivity index (χ3v) is 6.60. The number of nitrogens with zero attached hydrogens (tertiary/aromatic N) is 2. The second-order valence-corrected chi connectivity index (χ2v) is 8.70. The molecule has 2 amide bonds. The van der Waals surface area contributed by atoms with Gasteiger partial charge in [0.2, 0.25) is 11.8 Å². The molecule has 4 nitrogen and oxygen atoms in total.